The lowest BCUT2D eigenvalue weighted by Crippen LogP contribution is -2.16. The van der Waals surface area contributed by atoms with Crippen LogP contribution in [0, 0.1) is 0 Å². The van der Waals surface area contributed by atoms with Crippen molar-refractivity contribution in [2.24, 2.45) is 0 Å². The molecule has 116 valence electrons. The summed E-state index contributed by atoms with van der Waals surface area (Å²) in [5, 5.41) is 3.47. The van der Waals surface area contributed by atoms with Crippen molar-refractivity contribution in [2.45, 2.75) is 32.2 Å². The average molecular weight is 291 g/mol. The van der Waals surface area contributed by atoms with Gasteiger partial charge in [0.25, 0.3) is 0 Å². The molecule has 4 heteroatoms. The number of hydrogen-bond donors (Lipinski definition) is 1. The summed E-state index contributed by atoms with van der Waals surface area (Å²) in [5.41, 5.74) is 2.66. The highest BCUT2D eigenvalue weighted by atomic mass is 16.5. The van der Waals surface area contributed by atoms with Gasteiger partial charge in [0.05, 0.1) is 21.3 Å². The molecular formula is C17H25NO3. The van der Waals surface area contributed by atoms with Gasteiger partial charge in [-0.1, -0.05) is 11.6 Å². The second-order valence-corrected chi connectivity index (χ2v) is 5.20. The fourth-order valence-electron chi connectivity index (χ4n) is 2.67. The fourth-order valence-corrected chi connectivity index (χ4v) is 2.67. The molecule has 0 aromatic heterocycles. The van der Waals surface area contributed by atoms with E-state index >= 15 is 0 Å². The van der Waals surface area contributed by atoms with Crippen LogP contribution in [0.5, 0.6) is 17.2 Å². The van der Waals surface area contributed by atoms with Gasteiger partial charge in [0.15, 0.2) is 11.5 Å². The van der Waals surface area contributed by atoms with E-state index < -0.39 is 0 Å². The zero-order valence-electron chi connectivity index (χ0n) is 13.2. The van der Waals surface area contributed by atoms with E-state index in [0.717, 1.165) is 36.6 Å². The Kier molecular flexibility index (Phi) is 5.93. The van der Waals surface area contributed by atoms with Gasteiger partial charge in [-0.3, -0.25) is 0 Å². The normalized spacial score (nSPS) is 14.0. The van der Waals surface area contributed by atoms with E-state index in [4.69, 9.17) is 14.2 Å². The predicted octanol–water partition coefficient (Wildman–Crippen LogP) is 3.30. The Hall–Kier alpha value is -1.68. The van der Waals surface area contributed by atoms with Crippen LogP contribution in [0.15, 0.2) is 23.8 Å². The van der Waals surface area contributed by atoms with E-state index in [0.29, 0.717) is 5.75 Å². The van der Waals surface area contributed by atoms with E-state index in [2.05, 4.69) is 11.4 Å². The second kappa shape index (κ2) is 7.93. The Morgan fingerprint density at radius 1 is 1.00 bits per heavy atom. The highest BCUT2D eigenvalue weighted by Gasteiger charge is 2.11. The van der Waals surface area contributed by atoms with Crippen LogP contribution in [0.4, 0.5) is 0 Å². The highest BCUT2D eigenvalue weighted by Crippen LogP contribution is 2.34. The smallest absolute Gasteiger partial charge is 0.164 e. The first kappa shape index (κ1) is 15.7. The van der Waals surface area contributed by atoms with Crippen molar-refractivity contribution in [1.82, 2.24) is 5.32 Å². The maximum absolute atomic E-state index is 5.43. The topological polar surface area (TPSA) is 39.7 Å². The fraction of sp³-hybridized carbons (Fsp3) is 0.529. The maximum Gasteiger partial charge on any atom is 0.164 e. The van der Waals surface area contributed by atoms with Gasteiger partial charge < -0.3 is 19.5 Å². The van der Waals surface area contributed by atoms with Gasteiger partial charge in [-0.05, 0) is 38.3 Å². The number of benzene rings is 1. The Bertz CT molecular complexity index is 497. The Morgan fingerprint density at radius 3 is 2.33 bits per heavy atom. The number of methoxy groups -OCH3 is 3. The maximum atomic E-state index is 5.43. The Balaban J connectivity index is 1.94. The zero-order valence-corrected chi connectivity index (χ0v) is 13.2. The summed E-state index contributed by atoms with van der Waals surface area (Å²) in [6, 6.07) is 3.84. The first-order valence-electron chi connectivity index (χ1n) is 7.46. The van der Waals surface area contributed by atoms with E-state index in [-0.39, 0.29) is 0 Å². The van der Waals surface area contributed by atoms with Crippen molar-refractivity contribution in [3.8, 4) is 17.2 Å². The molecule has 0 aliphatic heterocycles. The molecular weight excluding hydrogens is 266 g/mol. The number of nitrogens with one attached hydrogen (secondary N) is 1. The molecule has 2 rings (SSSR count). The molecule has 0 heterocycles. The molecule has 0 unspecified atom stereocenters. The summed E-state index contributed by atoms with van der Waals surface area (Å²) < 4.78 is 16.1. The molecule has 1 aromatic carbocycles. The summed E-state index contributed by atoms with van der Waals surface area (Å²) in [4.78, 5) is 0. The molecule has 4 nitrogen and oxygen atoms in total. The van der Waals surface area contributed by atoms with E-state index in [1.54, 1.807) is 26.9 Å². The number of allylic oxidation sites excluding steroid dienone is 1. The van der Waals surface area contributed by atoms with Crippen LogP contribution >= 0.6 is 0 Å². The van der Waals surface area contributed by atoms with Crippen molar-refractivity contribution in [1.29, 1.82) is 0 Å². The minimum Gasteiger partial charge on any atom is -0.496 e. The summed E-state index contributed by atoms with van der Waals surface area (Å²) in [7, 11) is 4.95. The third-order valence-corrected chi connectivity index (χ3v) is 3.86. The lowest BCUT2D eigenvalue weighted by molar-refractivity contribution is 0.347. The van der Waals surface area contributed by atoms with Crippen LogP contribution in [0.2, 0.25) is 0 Å². The molecule has 0 bridgehead atoms. The minimum atomic E-state index is 0.689. The standard InChI is InChI=1S/C17H25NO3/c1-19-15-11-17(21-3)16(20-2)10-14(15)12-18-9-8-13-6-4-5-7-13/h6,10-11,18H,4-5,7-9,12H2,1-3H3. The Morgan fingerprint density at radius 2 is 1.71 bits per heavy atom. The lowest BCUT2D eigenvalue weighted by Gasteiger charge is -2.14. The van der Waals surface area contributed by atoms with Crippen LogP contribution in [-0.4, -0.2) is 27.9 Å². The molecule has 0 amide bonds. The van der Waals surface area contributed by atoms with Gasteiger partial charge in [0.1, 0.15) is 5.75 Å². The lowest BCUT2D eigenvalue weighted by atomic mass is 10.1. The van der Waals surface area contributed by atoms with Crippen molar-refractivity contribution >= 4 is 0 Å². The molecule has 0 saturated carbocycles. The third-order valence-electron chi connectivity index (χ3n) is 3.86. The molecule has 1 N–H and O–H groups in total. The first-order valence-corrected chi connectivity index (χ1v) is 7.46. The highest BCUT2D eigenvalue weighted by molar-refractivity contribution is 5.50. The number of hydrogen-bond acceptors (Lipinski definition) is 4. The molecule has 0 atom stereocenters. The van der Waals surface area contributed by atoms with Crippen LogP contribution in [0.25, 0.3) is 0 Å². The second-order valence-electron chi connectivity index (χ2n) is 5.20. The monoisotopic (exact) mass is 291 g/mol. The van der Waals surface area contributed by atoms with Gasteiger partial charge in [-0.2, -0.15) is 0 Å². The summed E-state index contributed by atoms with van der Waals surface area (Å²) in [6.45, 7) is 1.75. The zero-order chi connectivity index (χ0) is 15.1. The quantitative estimate of drug-likeness (QED) is 0.589. The van der Waals surface area contributed by atoms with E-state index in [1.807, 2.05) is 12.1 Å². The average Bonchev–Trinajstić information content (AvgIpc) is 3.04. The SMILES string of the molecule is COc1cc(OC)c(OC)cc1CNCCC1=CCCC1. The largest absolute Gasteiger partial charge is 0.496 e. The number of rotatable bonds is 8. The van der Waals surface area contributed by atoms with Crippen molar-refractivity contribution in [2.75, 3.05) is 27.9 Å². The van der Waals surface area contributed by atoms with Gasteiger partial charge >= 0.3 is 0 Å². The summed E-state index contributed by atoms with van der Waals surface area (Å²) in [5.74, 6) is 2.24. The van der Waals surface area contributed by atoms with Crippen molar-refractivity contribution in [3.63, 3.8) is 0 Å². The summed E-state index contributed by atoms with van der Waals surface area (Å²) in [6.07, 6.45) is 7.34. The third kappa shape index (κ3) is 4.14. The van der Waals surface area contributed by atoms with Crippen molar-refractivity contribution < 1.29 is 14.2 Å². The summed E-state index contributed by atoms with van der Waals surface area (Å²) >= 11 is 0. The molecule has 0 spiro atoms. The van der Waals surface area contributed by atoms with Crippen LogP contribution in [-0.2, 0) is 6.54 Å². The molecule has 1 aliphatic carbocycles. The van der Waals surface area contributed by atoms with E-state index in [1.165, 1.54) is 19.3 Å². The Labute approximate surface area is 127 Å². The minimum absolute atomic E-state index is 0.689. The molecule has 21 heavy (non-hydrogen) atoms. The molecule has 1 aromatic rings. The van der Waals surface area contributed by atoms with Gasteiger partial charge in [-0.15, -0.1) is 0 Å². The predicted molar refractivity (Wildman–Crippen MR) is 84.4 cm³/mol. The molecule has 0 saturated heterocycles. The van der Waals surface area contributed by atoms with Crippen LogP contribution in [0.1, 0.15) is 31.2 Å². The van der Waals surface area contributed by atoms with Gasteiger partial charge in [0.2, 0.25) is 0 Å². The molecule has 1 aliphatic rings. The van der Waals surface area contributed by atoms with Crippen LogP contribution in [0.3, 0.4) is 0 Å². The molecule has 0 fully saturated rings. The molecule has 0 radical (unpaired) electrons. The van der Waals surface area contributed by atoms with Gasteiger partial charge in [-0.25, -0.2) is 0 Å². The van der Waals surface area contributed by atoms with Crippen molar-refractivity contribution in [3.05, 3.63) is 29.3 Å². The first-order chi connectivity index (χ1) is 10.3. The van der Waals surface area contributed by atoms with Crippen LogP contribution < -0.4 is 19.5 Å². The van der Waals surface area contributed by atoms with Gasteiger partial charge in [0, 0.05) is 18.2 Å². The number of ether oxygens (including phenoxy) is 3. The van der Waals surface area contributed by atoms with E-state index in [9.17, 15) is 0 Å².